The van der Waals surface area contributed by atoms with Crippen LogP contribution in [0.2, 0.25) is 0 Å². The molecule has 0 aliphatic carbocycles. The molecule has 1 aliphatic rings. The minimum Gasteiger partial charge on any atom is -0.392 e. The average molecular weight is 358 g/mol. The van der Waals surface area contributed by atoms with E-state index < -0.39 is 4.92 Å². The summed E-state index contributed by atoms with van der Waals surface area (Å²) in [6.45, 7) is 2.21. The zero-order valence-electron chi connectivity index (χ0n) is 12.2. The van der Waals surface area contributed by atoms with Gasteiger partial charge in [-0.3, -0.25) is 15.0 Å². The number of hydrogen-bond donors (Lipinski definition) is 1. The number of nitro groups is 1. The predicted molar refractivity (Wildman–Crippen MR) is 84.2 cm³/mol. The number of nitro benzene ring substituents is 1. The lowest BCUT2D eigenvalue weighted by Gasteiger charge is -2.27. The maximum Gasteiger partial charge on any atom is 0.270 e. The first-order valence-electron chi connectivity index (χ1n) is 6.86. The van der Waals surface area contributed by atoms with Crippen LogP contribution in [0.15, 0.2) is 22.7 Å². The van der Waals surface area contributed by atoms with Crippen LogP contribution >= 0.6 is 15.9 Å². The first-order chi connectivity index (χ1) is 9.86. The fourth-order valence-electron chi connectivity index (χ4n) is 2.76. The number of benzene rings is 1. The second-order valence-electron chi connectivity index (χ2n) is 5.77. The summed E-state index contributed by atoms with van der Waals surface area (Å²) in [6, 6.07) is 5.13. The van der Waals surface area contributed by atoms with Crippen molar-refractivity contribution in [1.29, 1.82) is 0 Å². The van der Waals surface area contributed by atoms with Crippen LogP contribution in [-0.4, -0.2) is 59.2 Å². The lowest BCUT2D eigenvalue weighted by atomic mass is 10.1. The molecule has 6 nitrogen and oxygen atoms in total. The summed E-state index contributed by atoms with van der Waals surface area (Å²) < 4.78 is 0.738. The van der Waals surface area contributed by atoms with E-state index in [-0.39, 0.29) is 11.8 Å². The molecular weight excluding hydrogens is 338 g/mol. The van der Waals surface area contributed by atoms with Crippen LogP contribution in [0.3, 0.4) is 0 Å². The van der Waals surface area contributed by atoms with Gasteiger partial charge in [0, 0.05) is 42.3 Å². The van der Waals surface area contributed by atoms with Gasteiger partial charge in [0.1, 0.15) is 0 Å². The molecule has 0 spiro atoms. The molecule has 2 atom stereocenters. The van der Waals surface area contributed by atoms with E-state index in [2.05, 4.69) is 25.7 Å². The molecular formula is C14H20BrN3O3. The SMILES string of the molecule is CN(C)CC1CC(O)CN1Cc1ccc([N+](=O)[O-])cc1Br. The molecule has 2 rings (SSSR count). The summed E-state index contributed by atoms with van der Waals surface area (Å²) >= 11 is 3.40. The maximum absolute atomic E-state index is 10.8. The third-order valence-corrected chi connectivity index (χ3v) is 4.44. The lowest BCUT2D eigenvalue weighted by molar-refractivity contribution is -0.384. The number of halogens is 1. The van der Waals surface area contributed by atoms with Gasteiger partial charge in [-0.1, -0.05) is 15.9 Å². The van der Waals surface area contributed by atoms with E-state index >= 15 is 0 Å². The van der Waals surface area contributed by atoms with Crippen LogP contribution in [-0.2, 0) is 6.54 Å². The Bertz CT molecular complexity index is 524. The van der Waals surface area contributed by atoms with Crippen molar-refractivity contribution in [1.82, 2.24) is 9.80 Å². The van der Waals surface area contributed by atoms with Gasteiger partial charge in [0.15, 0.2) is 0 Å². The summed E-state index contributed by atoms with van der Waals surface area (Å²) in [7, 11) is 4.04. The molecule has 0 saturated carbocycles. The van der Waals surface area contributed by atoms with E-state index in [1.165, 1.54) is 12.1 Å². The molecule has 0 radical (unpaired) electrons. The summed E-state index contributed by atoms with van der Waals surface area (Å²) in [6.07, 6.45) is 0.467. The maximum atomic E-state index is 10.8. The van der Waals surface area contributed by atoms with E-state index in [0.29, 0.717) is 19.1 Å². The fourth-order valence-corrected chi connectivity index (χ4v) is 3.25. The number of aliphatic hydroxyl groups is 1. The van der Waals surface area contributed by atoms with Crippen LogP contribution in [0.4, 0.5) is 5.69 Å². The van der Waals surface area contributed by atoms with Crippen molar-refractivity contribution in [3.63, 3.8) is 0 Å². The quantitative estimate of drug-likeness (QED) is 0.643. The number of hydrogen-bond acceptors (Lipinski definition) is 5. The number of β-amino-alcohol motifs (C(OH)–C–C–N with tert-alkyl or cyclic N) is 1. The molecule has 1 aromatic rings. The summed E-state index contributed by atoms with van der Waals surface area (Å²) in [5.41, 5.74) is 1.08. The predicted octanol–water partition coefficient (Wildman–Crippen LogP) is 1.85. The van der Waals surface area contributed by atoms with E-state index in [1.54, 1.807) is 6.07 Å². The molecule has 1 aliphatic heterocycles. The van der Waals surface area contributed by atoms with Crippen LogP contribution in [0.25, 0.3) is 0 Å². The molecule has 0 bridgehead atoms. The lowest BCUT2D eigenvalue weighted by Crippen LogP contribution is -2.37. The van der Waals surface area contributed by atoms with Crippen molar-refractivity contribution >= 4 is 21.6 Å². The standard InChI is InChI=1S/C14H20BrN3O3/c1-16(2)8-12-5-13(19)9-17(12)7-10-3-4-11(18(20)21)6-14(10)15/h3-4,6,12-13,19H,5,7-9H2,1-2H3. The molecule has 1 aromatic carbocycles. The topological polar surface area (TPSA) is 69.8 Å². The zero-order chi connectivity index (χ0) is 15.6. The highest BCUT2D eigenvalue weighted by Gasteiger charge is 2.31. The molecule has 7 heteroatoms. The molecule has 21 heavy (non-hydrogen) atoms. The van der Waals surface area contributed by atoms with E-state index in [9.17, 15) is 15.2 Å². The Labute approximate surface area is 132 Å². The van der Waals surface area contributed by atoms with Gasteiger partial charge in [-0.05, 0) is 32.1 Å². The third kappa shape index (κ3) is 4.23. The van der Waals surface area contributed by atoms with Gasteiger partial charge in [0.2, 0.25) is 0 Å². The van der Waals surface area contributed by atoms with E-state index in [1.807, 2.05) is 14.1 Å². The second kappa shape index (κ2) is 6.83. The van der Waals surface area contributed by atoms with Crippen LogP contribution in [0.1, 0.15) is 12.0 Å². The molecule has 1 N–H and O–H groups in total. The van der Waals surface area contributed by atoms with E-state index in [0.717, 1.165) is 23.0 Å². The van der Waals surface area contributed by atoms with Gasteiger partial charge in [-0.2, -0.15) is 0 Å². The Morgan fingerprint density at radius 3 is 2.81 bits per heavy atom. The number of rotatable bonds is 5. The van der Waals surface area contributed by atoms with Gasteiger partial charge < -0.3 is 10.0 Å². The molecule has 2 unspecified atom stereocenters. The Kier molecular flexibility index (Phi) is 5.32. The molecule has 1 heterocycles. The number of nitrogens with zero attached hydrogens (tertiary/aromatic N) is 3. The number of aliphatic hydroxyl groups excluding tert-OH is 1. The smallest absolute Gasteiger partial charge is 0.270 e. The van der Waals surface area contributed by atoms with Crippen molar-refractivity contribution in [3.05, 3.63) is 38.3 Å². The number of non-ortho nitro benzene ring substituents is 1. The van der Waals surface area contributed by atoms with Gasteiger partial charge in [0.25, 0.3) is 5.69 Å². The van der Waals surface area contributed by atoms with Crippen molar-refractivity contribution < 1.29 is 10.0 Å². The van der Waals surface area contributed by atoms with Crippen molar-refractivity contribution in [3.8, 4) is 0 Å². The Hall–Kier alpha value is -1.02. The zero-order valence-corrected chi connectivity index (χ0v) is 13.8. The van der Waals surface area contributed by atoms with Crippen molar-refractivity contribution in [2.45, 2.75) is 25.1 Å². The highest BCUT2D eigenvalue weighted by atomic mass is 79.9. The first kappa shape index (κ1) is 16.4. The summed E-state index contributed by atoms with van der Waals surface area (Å²) in [5, 5.41) is 20.6. The summed E-state index contributed by atoms with van der Waals surface area (Å²) in [4.78, 5) is 14.7. The summed E-state index contributed by atoms with van der Waals surface area (Å²) in [5.74, 6) is 0. The normalized spacial score (nSPS) is 22.9. The van der Waals surface area contributed by atoms with Crippen LogP contribution in [0.5, 0.6) is 0 Å². The van der Waals surface area contributed by atoms with Gasteiger partial charge >= 0.3 is 0 Å². The number of likely N-dealkylation sites (N-methyl/N-ethyl adjacent to an activating group) is 1. The number of likely N-dealkylation sites (tertiary alicyclic amines) is 1. The molecule has 116 valence electrons. The molecule has 1 fully saturated rings. The first-order valence-corrected chi connectivity index (χ1v) is 7.65. The van der Waals surface area contributed by atoms with Gasteiger partial charge in [-0.25, -0.2) is 0 Å². The van der Waals surface area contributed by atoms with Gasteiger partial charge in [-0.15, -0.1) is 0 Å². The van der Waals surface area contributed by atoms with Crippen molar-refractivity contribution in [2.75, 3.05) is 27.2 Å². The van der Waals surface area contributed by atoms with Crippen molar-refractivity contribution in [2.24, 2.45) is 0 Å². The molecule has 0 amide bonds. The van der Waals surface area contributed by atoms with Gasteiger partial charge in [0.05, 0.1) is 11.0 Å². The Morgan fingerprint density at radius 1 is 1.52 bits per heavy atom. The second-order valence-corrected chi connectivity index (χ2v) is 6.62. The molecule has 0 aromatic heterocycles. The highest BCUT2D eigenvalue weighted by Crippen LogP contribution is 2.27. The minimum absolute atomic E-state index is 0.0805. The van der Waals surface area contributed by atoms with Crippen LogP contribution < -0.4 is 0 Å². The minimum atomic E-state index is -0.400. The Morgan fingerprint density at radius 2 is 2.24 bits per heavy atom. The third-order valence-electron chi connectivity index (χ3n) is 3.70. The fraction of sp³-hybridized carbons (Fsp3) is 0.571. The average Bonchev–Trinajstić information content (AvgIpc) is 2.70. The van der Waals surface area contributed by atoms with Crippen LogP contribution in [0, 0.1) is 10.1 Å². The largest absolute Gasteiger partial charge is 0.392 e. The highest BCUT2D eigenvalue weighted by molar-refractivity contribution is 9.10. The van der Waals surface area contributed by atoms with E-state index in [4.69, 9.17) is 0 Å². The monoisotopic (exact) mass is 357 g/mol. The molecule has 1 saturated heterocycles. The Balaban J connectivity index is 2.11.